The highest BCUT2D eigenvalue weighted by Crippen LogP contribution is 2.34. The minimum atomic E-state index is -4.56. The van der Waals surface area contributed by atoms with Crippen LogP contribution < -0.4 is 15.4 Å². The van der Waals surface area contributed by atoms with Gasteiger partial charge in [0.1, 0.15) is 5.69 Å². The van der Waals surface area contributed by atoms with Crippen LogP contribution in [0.1, 0.15) is 0 Å². The van der Waals surface area contributed by atoms with Crippen molar-refractivity contribution in [2.24, 2.45) is 0 Å². The van der Waals surface area contributed by atoms with Gasteiger partial charge in [0.25, 0.3) is 0 Å². The molecule has 0 bridgehead atoms. The summed E-state index contributed by atoms with van der Waals surface area (Å²) in [6.45, 7) is -0.249. The zero-order valence-corrected chi connectivity index (χ0v) is 11.3. The Bertz CT molecular complexity index is 561. The average molecular weight is 322 g/mol. The molecule has 1 aromatic heterocycles. The maximum atomic E-state index is 12.2. The monoisotopic (exact) mass is 322 g/mol. The van der Waals surface area contributed by atoms with Crippen LogP contribution in [-0.4, -0.2) is 49.0 Å². The molecule has 1 aliphatic rings. The topological polar surface area (TPSA) is 104 Å². The Hall–Kier alpha value is -2.30. The first-order chi connectivity index (χ1) is 10.3. The molecule has 22 heavy (non-hydrogen) atoms. The summed E-state index contributed by atoms with van der Waals surface area (Å²) in [5.41, 5.74) is 4.77. The van der Waals surface area contributed by atoms with E-state index in [-0.39, 0.29) is 11.5 Å². The molecule has 0 saturated carbocycles. The Morgan fingerprint density at radius 2 is 2.09 bits per heavy atom. The van der Waals surface area contributed by atoms with Crippen molar-refractivity contribution in [2.75, 3.05) is 43.5 Å². The van der Waals surface area contributed by atoms with Crippen molar-refractivity contribution in [3.63, 3.8) is 0 Å². The number of aromatic nitrogens is 1. The van der Waals surface area contributed by atoms with Crippen molar-refractivity contribution >= 4 is 17.2 Å². The molecular formula is C11H13F3N4O4. The highest BCUT2D eigenvalue weighted by Gasteiger charge is 2.31. The first-order valence-corrected chi connectivity index (χ1v) is 6.25. The third-order valence-corrected chi connectivity index (χ3v) is 2.86. The summed E-state index contributed by atoms with van der Waals surface area (Å²) in [7, 11) is 0. The lowest BCUT2D eigenvalue weighted by atomic mass is 10.3. The second-order valence-electron chi connectivity index (χ2n) is 4.49. The van der Waals surface area contributed by atoms with Crippen LogP contribution in [0.4, 0.5) is 30.4 Å². The molecule has 2 rings (SSSR count). The van der Waals surface area contributed by atoms with Crippen molar-refractivity contribution in [3.05, 3.63) is 16.2 Å². The average Bonchev–Trinajstić information content (AvgIpc) is 2.45. The van der Waals surface area contributed by atoms with Crippen molar-refractivity contribution in [1.82, 2.24) is 4.98 Å². The number of morpholine rings is 1. The number of halogens is 3. The van der Waals surface area contributed by atoms with Crippen molar-refractivity contribution in [3.8, 4) is 5.88 Å². The van der Waals surface area contributed by atoms with E-state index in [1.165, 1.54) is 0 Å². The molecule has 0 radical (unpaired) electrons. The van der Waals surface area contributed by atoms with E-state index in [1.54, 1.807) is 4.90 Å². The van der Waals surface area contributed by atoms with E-state index >= 15 is 0 Å². The number of nitrogens with zero attached hydrogens (tertiary/aromatic N) is 3. The molecule has 122 valence electrons. The molecule has 1 aromatic rings. The second kappa shape index (κ2) is 6.22. The normalized spacial score (nSPS) is 15.7. The van der Waals surface area contributed by atoms with Crippen LogP contribution in [0.5, 0.6) is 5.88 Å². The van der Waals surface area contributed by atoms with E-state index in [9.17, 15) is 23.3 Å². The quantitative estimate of drug-likeness (QED) is 0.659. The van der Waals surface area contributed by atoms with E-state index in [0.717, 1.165) is 6.07 Å². The first kappa shape index (κ1) is 16.1. The predicted molar refractivity (Wildman–Crippen MR) is 69.9 cm³/mol. The fraction of sp³-hybridized carbons (Fsp3) is 0.545. The van der Waals surface area contributed by atoms with Crippen LogP contribution in [0.3, 0.4) is 0 Å². The zero-order chi connectivity index (χ0) is 16.3. The lowest BCUT2D eigenvalue weighted by Crippen LogP contribution is -2.37. The lowest BCUT2D eigenvalue weighted by molar-refractivity contribution is -0.384. The summed E-state index contributed by atoms with van der Waals surface area (Å²) >= 11 is 0. The fourth-order valence-electron chi connectivity index (χ4n) is 1.90. The minimum absolute atomic E-state index is 0.0836. The number of hydrogen-bond acceptors (Lipinski definition) is 7. The van der Waals surface area contributed by atoms with Crippen LogP contribution in [-0.2, 0) is 4.74 Å². The number of ether oxygens (including phenoxy) is 2. The van der Waals surface area contributed by atoms with Gasteiger partial charge in [0.05, 0.1) is 18.1 Å². The van der Waals surface area contributed by atoms with Crippen LogP contribution in [0.2, 0.25) is 0 Å². The third kappa shape index (κ3) is 3.87. The molecule has 1 aliphatic heterocycles. The van der Waals surface area contributed by atoms with Crippen molar-refractivity contribution in [2.45, 2.75) is 6.18 Å². The zero-order valence-electron chi connectivity index (χ0n) is 11.3. The molecule has 11 heteroatoms. The molecule has 1 fully saturated rings. The van der Waals surface area contributed by atoms with Crippen LogP contribution >= 0.6 is 0 Å². The first-order valence-electron chi connectivity index (χ1n) is 6.25. The SMILES string of the molecule is Nc1cc([N+](=O)[O-])c(N2CCOCC2)nc1OCC(F)(F)F. The maximum Gasteiger partial charge on any atom is 0.422 e. The van der Waals surface area contributed by atoms with Crippen LogP contribution in [0.15, 0.2) is 6.07 Å². The standard InChI is InChI=1S/C11H13F3N4O4/c12-11(13,14)6-22-10-7(15)5-8(18(19)20)9(16-10)17-1-3-21-4-2-17/h5H,1-4,6,15H2. The molecule has 2 heterocycles. The summed E-state index contributed by atoms with van der Waals surface area (Å²) in [6.07, 6.45) is -4.56. The lowest BCUT2D eigenvalue weighted by Gasteiger charge is -2.27. The van der Waals surface area contributed by atoms with Gasteiger partial charge in [0.15, 0.2) is 6.61 Å². The molecule has 1 saturated heterocycles. The number of alkyl halides is 3. The van der Waals surface area contributed by atoms with E-state index < -0.39 is 29.3 Å². The number of hydrogen-bond donors (Lipinski definition) is 1. The van der Waals surface area contributed by atoms with E-state index in [0.29, 0.717) is 26.3 Å². The van der Waals surface area contributed by atoms with Gasteiger partial charge in [-0.15, -0.1) is 0 Å². The predicted octanol–water partition coefficient (Wildman–Crippen LogP) is 1.35. The number of nitrogen functional groups attached to an aromatic ring is 1. The molecule has 0 unspecified atom stereocenters. The summed E-state index contributed by atoms with van der Waals surface area (Å²) in [5.74, 6) is -0.566. The number of anilines is 2. The summed E-state index contributed by atoms with van der Waals surface area (Å²) in [6, 6.07) is 0.948. The Labute approximate surface area is 122 Å². The summed E-state index contributed by atoms with van der Waals surface area (Å²) < 4.78 is 46.3. The van der Waals surface area contributed by atoms with E-state index in [4.69, 9.17) is 10.5 Å². The molecule has 8 nitrogen and oxygen atoms in total. The van der Waals surface area contributed by atoms with E-state index in [1.807, 2.05) is 0 Å². The largest absolute Gasteiger partial charge is 0.466 e. The highest BCUT2D eigenvalue weighted by atomic mass is 19.4. The van der Waals surface area contributed by atoms with Gasteiger partial charge < -0.3 is 20.1 Å². The Kier molecular flexibility index (Phi) is 4.54. The van der Waals surface area contributed by atoms with Crippen molar-refractivity contribution in [1.29, 1.82) is 0 Å². The number of nitro groups is 1. The highest BCUT2D eigenvalue weighted by molar-refractivity contribution is 5.67. The van der Waals surface area contributed by atoms with Gasteiger partial charge >= 0.3 is 11.9 Å². The Morgan fingerprint density at radius 3 is 2.64 bits per heavy atom. The maximum absolute atomic E-state index is 12.2. The van der Waals surface area contributed by atoms with Gasteiger partial charge in [-0.1, -0.05) is 0 Å². The third-order valence-electron chi connectivity index (χ3n) is 2.86. The van der Waals surface area contributed by atoms with Gasteiger partial charge in [-0.3, -0.25) is 10.1 Å². The molecule has 0 amide bonds. The van der Waals surface area contributed by atoms with Gasteiger partial charge in [-0.2, -0.15) is 18.2 Å². The van der Waals surface area contributed by atoms with Gasteiger partial charge in [-0.25, -0.2) is 0 Å². The Balaban J connectivity index is 2.33. The fourth-order valence-corrected chi connectivity index (χ4v) is 1.90. The summed E-state index contributed by atoms with van der Waals surface area (Å²) in [4.78, 5) is 15.7. The van der Waals surface area contributed by atoms with Gasteiger partial charge in [-0.05, 0) is 0 Å². The van der Waals surface area contributed by atoms with E-state index in [2.05, 4.69) is 9.72 Å². The minimum Gasteiger partial charge on any atom is -0.466 e. The molecule has 0 aromatic carbocycles. The molecule has 0 spiro atoms. The molecule has 0 aliphatic carbocycles. The molecule has 0 atom stereocenters. The Morgan fingerprint density at radius 1 is 1.45 bits per heavy atom. The number of rotatable bonds is 4. The van der Waals surface area contributed by atoms with Gasteiger partial charge in [0, 0.05) is 19.2 Å². The van der Waals surface area contributed by atoms with Crippen molar-refractivity contribution < 1.29 is 27.6 Å². The number of pyridine rings is 1. The van der Waals surface area contributed by atoms with Crippen LogP contribution in [0, 0.1) is 10.1 Å². The smallest absolute Gasteiger partial charge is 0.422 e. The number of nitrogens with two attached hydrogens (primary N) is 1. The van der Waals surface area contributed by atoms with Crippen LogP contribution in [0.25, 0.3) is 0 Å². The summed E-state index contributed by atoms with van der Waals surface area (Å²) in [5, 5.41) is 11.1. The molecule has 2 N–H and O–H groups in total. The second-order valence-corrected chi connectivity index (χ2v) is 4.49. The van der Waals surface area contributed by atoms with Gasteiger partial charge in [0.2, 0.25) is 11.7 Å². The molecular weight excluding hydrogens is 309 g/mol.